The molecular formula is C12H17BN2S4. The Labute approximate surface area is 135 Å². The molecule has 102 valence electrons. The highest BCUT2D eigenvalue weighted by atomic mass is 32.2. The quantitative estimate of drug-likeness (QED) is 0.617. The number of hydrogen-bond donors (Lipinski definition) is 0. The summed E-state index contributed by atoms with van der Waals surface area (Å²) in [5, 5.41) is 0.186. The van der Waals surface area contributed by atoms with Crippen molar-refractivity contribution < 1.29 is 0 Å². The van der Waals surface area contributed by atoms with Gasteiger partial charge in [0.25, 0.3) is 0 Å². The molecule has 0 heterocycles. The lowest BCUT2D eigenvalue weighted by Gasteiger charge is -2.20. The molecule has 0 aliphatic heterocycles. The van der Waals surface area contributed by atoms with Gasteiger partial charge in [-0.3, -0.25) is 0 Å². The molecule has 0 unspecified atom stereocenters. The van der Waals surface area contributed by atoms with Crippen molar-refractivity contribution in [2.75, 3.05) is 28.2 Å². The molecule has 0 saturated carbocycles. The Morgan fingerprint density at radius 3 is 1.68 bits per heavy atom. The minimum Gasteiger partial charge on any atom is -0.364 e. The molecule has 0 aliphatic carbocycles. The van der Waals surface area contributed by atoms with Gasteiger partial charge in [0.2, 0.25) is 0 Å². The summed E-state index contributed by atoms with van der Waals surface area (Å²) in [4.78, 5) is 3.91. The van der Waals surface area contributed by atoms with Crippen LogP contribution in [0.2, 0.25) is 0 Å². The van der Waals surface area contributed by atoms with E-state index in [0.29, 0.717) is 0 Å². The smallest absolute Gasteiger partial charge is 0.323 e. The molecule has 0 aliphatic rings. The molecule has 1 aromatic carbocycles. The van der Waals surface area contributed by atoms with Gasteiger partial charge in [-0.15, -0.1) is 23.2 Å². The summed E-state index contributed by atoms with van der Waals surface area (Å²) in [5.74, 6) is 0. The van der Waals surface area contributed by atoms with Crippen LogP contribution in [-0.4, -0.2) is 51.9 Å². The van der Waals surface area contributed by atoms with Gasteiger partial charge >= 0.3 is 5.27 Å². The molecule has 0 bridgehead atoms. The zero-order valence-electron chi connectivity index (χ0n) is 11.5. The summed E-state index contributed by atoms with van der Waals surface area (Å²) < 4.78 is 1.73. The number of rotatable bonds is 3. The maximum atomic E-state index is 5.39. The van der Waals surface area contributed by atoms with Gasteiger partial charge in [0.1, 0.15) is 8.64 Å². The Bertz CT molecular complexity index is 415. The molecule has 0 amide bonds. The fraction of sp³-hybridized carbons (Fsp3) is 0.333. The molecule has 19 heavy (non-hydrogen) atoms. The van der Waals surface area contributed by atoms with Crippen molar-refractivity contribution in [3.63, 3.8) is 0 Å². The van der Waals surface area contributed by atoms with Crippen LogP contribution in [0.5, 0.6) is 0 Å². The Kier molecular flexibility index (Phi) is 7.21. The van der Waals surface area contributed by atoms with Crippen LogP contribution < -0.4 is 5.46 Å². The monoisotopic (exact) mass is 328 g/mol. The van der Waals surface area contributed by atoms with Gasteiger partial charge in [-0.1, -0.05) is 60.2 Å². The van der Waals surface area contributed by atoms with Crippen molar-refractivity contribution in [2.24, 2.45) is 0 Å². The SMILES string of the molecule is CN(C)C(=S)SB(SC(=S)N(C)C)c1ccccc1. The average Bonchev–Trinajstić information content (AvgIpc) is 2.38. The summed E-state index contributed by atoms with van der Waals surface area (Å²) in [7, 11) is 7.86. The number of thiocarbonyl (C=S) groups is 2. The molecule has 7 heteroatoms. The largest absolute Gasteiger partial charge is 0.364 e. The lowest BCUT2D eigenvalue weighted by Crippen LogP contribution is -2.32. The van der Waals surface area contributed by atoms with Gasteiger partial charge in [-0.2, -0.15) is 0 Å². The van der Waals surface area contributed by atoms with Crippen molar-refractivity contribution in [3.05, 3.63) is 30.3 Å². The summed E-state index contributed by atoms with van der Waals surface area (Å²) in [6.07, 6.45) is 0. The fourth-order valence-electron chi connectivity index (χ4n) is 1.16. The predicted molar refractivity (Wildman–Crippen MR) is 99.6 cm³/mol. The van der Waals surface area contributed by atoms with Crippen LogP contribution in [0.3, 0.4) is 0 Å². The van der Waals surface area contributed by atoms with Crippen molar-refractivity contribution >= 4 is 67.0 Å². The van der Waals surface area contributed by atoms with Crippen LogP contribution in [0, 0.1) is 0 Å². The van der Waals surface area contributed by atoms with Gasteiger partial charge in [-0.05, 0) is 0 Å². The molecule has 0 atom stereocenters. The summed E-state index contributed by atoms with van der Waals surface area (Å²) in [5.41, 5.74) is 1.23. The molecule has 0 fully saturated rings. The average molecular weight is 328 g/mol. The van der Waals surface area contributed by atoms with Crippen molar-refractivity contribution in [3.8, 4) is 0 Å². The van der Waals surface area contributed by atoms with E-state index >= 15 is 0 Å². The predicted octanol–water partition coefficient (Wildman–Crippen LogP) is 2.54. The van der Waals surface area contributed by atoms with Crippen molar-refractivity contribution in [1.82, 2.24) is 9.80 Å². The first-order chi connectivity index (χ1) is 8.91. The summed E-state index contributed by atoms with van der Waals surface area (Å²) >= 11 is 14.1. The molecule has 0 spiro atoms. The highest BCUT2D eigenvalue weighted by Gasteiger charge is 2.23. The number of hydrogen-bond acceptors (Lipinski definition) is 4. The Balaban J connectivity index is 2.85. The van der Waals surface area contributed by atoms with Gasteiger partial charge in [0.15, 0.2) is 0 Å². The van der Waals surface area contributed by atoms with E-state index < -0.39 is 0 Å². The first-order valence-corrected chi connectivity index (χ1v) is 8.30. The van der Waals surface area contributed by atoms with E-state index in [2.05, 4.69) is 12.1 Å². The fourth-order valence-corrected chi connectivity index (χ4v) is 4.22. The van der Waals surface area contributed by atoms with E-state index in [4.69, 9.17) is 24.4 Å². The Hall–Kier alpha value is -0.235. The third-order valence-corrected chi connectivity index (χ3v) is 6.21. The normalized spacial score (nSPS) is 9.89. The number of nitrogens with zero attached hydrogens (tertiary/aromatic N) is 2. The van der Waals surface area contributed by atoms with Gasteiger partial charge in [-0.25, -0.2) is 0 Å². The highest BCUT2D eigenvalue weighted by Crippen LogP contribution is 2.24. The first-order valence-electron chi connectivity index (χ1n) is 5.72. The standard InChI is InChI=1S/C12H17BN2S4/c1-14(2)11(16)18-13(19-12(17)15(3)4)10-8-6-5-7-9-10/h5-9H,1-4H3. The Morgan fingerprint density at radius 2 is 1.32 bits per heavy atom. The van der Waals surface area contributed by atoms with Gasteiger partial charge in [0, 0.05) is 28.2 Å². The van der Waals surface area contributed by atoms with Gasteiger partial charge in [0.05, 0.1) is 0 Å². The second kappa shape index (κ2) is 8.14. The van der Waals surface area contributed by atoms with E-state index in [1.807, 2.05) is 56.2 Å². The third kappa shape index (κ3) is 5.73. The Morgan fingerprint density at radius 1 is 0.895 bits per heavy atom. The van der Waals surface area contributed by atoms with Crippen LogP contribution in [-0.2, 0) is 0 Å². The topological polar surface area (TPSA) is 6.48 Å². The summed E-state index contributed by atoms with van der Waals surface area (Å²) in [6, 6.07) is 10.3. The summed E-state index contributed by atoms with van der Waals surface area (Å²) in [6.45, 7) is 0. The van der Waals surface area contributed by atoms with Crippen LogP contribution in [0.15, 0.2) is 30.3 Å². The number of benzene rings is 1. The lowest BCUT2D eigenvalue weighted by atomic mass is 9.93. The van der Waals surface area contributed by atoms with E-state index in [1.54, 1.807) is 23.2 Å². The molecule has 0 radical (unpaired) electrons. The minimum absolute atomic E-state index is 0.186. The molecule has 0 N–H and O–H groups in total. The van der Waals surface area contributed by atoms with Crippen molar-refractivity contribution in [2.45, 2.75) is 0 Å². The molecule has 0 aromatic heterocycles. The molecular weight excluding hydrogens is 311 g/mol. The maximum Gasteiger partial charge on any atom is 0.323 e. The van der Waals surface area contributed by atoms with Crippen LogP contribution in [0.25, 0.3) is 0 Å². The van der Waals surface area contributed by atoms with Gasteiger partial charge < -0.3 is 9.80 Å². The zero-order valence-corrected chi connectivity index (χ0v) is 14.8. The molecule has 2 nitrogen and oxygen atoms in total. The lowest BCUT2D eigenvalue weighted by molar-refractivity contribution is 0.648. The van der Waals surface area contributed by atoms with Crippen LogP contribution >= 0.6 is 47.7 Å². The molecule has 1 aromatic rings. The first kappa shape index (κ1) is 16.8. The zero-order chi connectivity index (χ0) is 14.4. The minimum atomic E-state index is 0.186. The second-order valence-electron chi connectivity index (χ2n) is 4.30. The van der Waals surface area contributed by atoms with E-state index in [1.165, 1.54) is 5.46 Å². The van der Waals surface area contributed by atoms with Crippen LogP contribution in [0.1, 0.15) is 0 Å². The maximum absolute atomic E-state index is 5.39. The van der Waals surface area contributed by atoms with E-state index in [-0.39, 0.29) is 5.27 Å². The van der Waals surface area contributed by atoms with E-state index in [9.17, 15) is 0 Å². The van der Waals surface area contributed by atoms with Crippen LogP contribution in [0.4, 0.5) is 0 Å². The molecule has 1 rings (SSSR count). The highest BCUT2D eigenvalue weighted by molar-refractivity contribution is 8.67. The van der Waals surface area contributed by atoms with Crippen molar-refractivity contribution in [1.29, 1.82) is 0 Å². The second-order valence-corrected chi connectivity index (χ2v) is 8.08. The molecule has 0 saturated heterocycles. The van der Waals surface area contributed by atoms with E-state index in [0.717, 1.165) is 8.64 Å². The third-order valence-electron chi connectivity index (χ3n) is 2.22.